The SMILES string of the molecule is COc1cccc(-c2nn(Cc3ccccc3)cc2C(=O)Nc2ccc(S(C)(=O)=O)cc2)c1. The van der Waals surface area contributed by atoms with Gasteiger partial charge in [-0.25, -0.2) is 8.42 Å². The van der Waals surface area contributed by atoms with Crippen LogP contribution in [-0.4, -0.2) is 37.5 Å². The molecule has 7 nitrogen and oxygen atoms in total. The molecule has 0 radical (unpaired) electrons. The first-order chi connectivity index (χ1) is 15.8. The Balaban J connectivity index is 1.68. The van der Waals surface area contributed by atoms with Gasteiger partial charge in [-0.3, -0.25) is 9.48 Å². The summed E-state index contributed by atoms with van der Waals surface area (Å²) >= 11 is 0. The lowest BCUT2D eigenvalue weighted by Gasteiger charge is -2.07. The number of hydrogen-bond donors (Lipinski definition) is 1. The predicted octanol–water partition coefficient (Wildman–Crippen LogP) is 4.26. The first kappa shape index (κ1) is 22.3. The van der Waals surface area contributed by atoms with E-state index in [0.717, 1.165) is 17.4 Å². The van der Waals surface area contributed by atoms with Crippen LogP contribution >= 0.6 is 0 Å². The number of nitrogens with one attached hydrogen (secondary N) is 1. The monoisotopic (exact) mass is 461 g/mol. The second-order valence-corrected chi connectivity index (χ2v) is 9.57. The number of anilines is 1. The van der Waals surface area contributed by atoms with Crippen molar-refractivity contribution in [2.24, 2.45) is 0 Å². The van der Waals surface area contributed by atoms with Gasteiger partial charge in [-0.2, -0.15) is 5.10 Å². The fourth-order valence-corrected chi connectivity index (χ4v) is 4.04. The molecule has 4 rings (SSSR count). The Morgan fingerprint density at radius 1 is 1.00 bits per heavy atom. The Morgan fingerprint density at radius 2 is 1.73 bits per heavy atom. The quantitative estimate of drug-likeness (QED) is 0.444. The molecule has 0 aliphatic rings. The van der Waals surface area contributed by atoms with E-state index in [2.05, 4.69) is 10.4 Å². The van der Waals surface area contributed by atoms with Gasteiger partial charge in [-0.15, -0.1) is 0 Å². The average Bonchev–Trinajstić information content (AvgIpc) is 3.23. The molecule has 0 saturated carbocycles. The molecule has 8 heteroatoms. The van der Waals surface area contributed by atoms with E-state index in [0.29, 0.717) is 29.2 Å². The highest BCUT2D eigenvalue weighted by Gasteiger charge is 2.19. The molecular formula is C25H23N3O4S. The Hall–Kier alpha value is -3.91. The Labute approximate surface area is 192 Å². The number of hydrogen-bond acceptors (Lipinski definition) is 5. The third-order valence-electron chi connectivity index (χ3n) is 5.08. The van der Waals surface area contributed by atoms with Gasteiger partial charge in [0.1, 0.15) is 11.4 Å². The van der Waals surface area contributed by atoms with Gasteiger partial charge in [0.25, 0.3) is 5.91 Å². The molecule has 1 N–H and O–H groups in total. The molecule has 0 aliphatic heterocycles. The van der Waals surface area contributed by atoms with E-state index in [9.17, 15) is 13.2 Å². The van der Waals surface area contributed by atoms with Crippen molar-refractivity contribution in [3.63, 3.8) is 0 Å². The maximum atomic E-state index is 13.2. The van der Waals surface area contributed by atoms with E-state index in [1.54, 1.807) is 30.1 Å². The lowest BCUT2D eigenvalue weighted by molar-refractivity contribution is 0.102. The molecule has 3 aromatic carbocycles. The molecule has 1 aromatic heterocycles. The highest BCUT2D eigenvalue weighted by Crippen LogP contribution is 2.27. The number of benzene rings is 3. The highest BCUT2D eigenvalue weighted by molar-refractivity contribution is 7.90. The zero-order valence-electron chi connectivity index (χ0n) is 18.2. The molecule has 1 heterocycles. The summed E-state index contributed by atoms with van der Waals surface area (Å²) in [7, 11) is -1.73. The van der Waals surface area contributed by atoms with Gasteiger partial charge in [0.15, 0.2) is 9.84 Å². The molecule has 0 unspecified atom stereocenters. The summed E-state index contributed by atoms with van der Waals surface area (Å²) in [6.45, 7) is 0.508. The van der Waals surface area contributed by atoms with Gasteiger partial charge in [0.05, 0.1) is 24.1 Å². The average molecular weight is 462 g/mol. The minimum absolute atomic E-state index is 0.188. The third-order valence-corrected chi connectivity index (χ3v) is 6.21. The number of amides is 1. The van der Waals surface area contributed by atoms with Crippen LogP contribution in [0.15, 0.2) is 90.0 Å². The molecular weight excluding hydrogens is 438 g/mol. The maximum absolute atomic E-state index is 13.2. The molecule has 0 fully saturated rings. The molecule has 0 atom stereocenters. The summed E-state index contributed by atoms with van der Waals surface area (Å²) in [5.74, 6) is 0.312. The number of carbonyl (C=O) groups excluding carboxylic acids is 1. The molecule has 168 valence electrons. The van der Waals surface area contributed by atoms with Crippen LogP contribution in [0.25, 0.3) is 11.3 Å². The number of nitrogens with zero attached hydrogens (tertiary/aromatic N) is 2. The smallest absolute Gasteiger partial charge is 0.259 e. The van der Waals surface area contributed by atoms with Crippen molar-refractivity contribution in [3.05, 3.63) is 96.2 Å². The van der Waals surface area contributed by atoms with Gasteiger partial charge in [-0.1, -0.05) is 42.5 Å². The largest absolute Gasteiger partial charge is 0.497 e. The summed E-state index contributed by atoms with van der Waals surface area (Å²) in [5.41, 5.74) is 3.21. The summed E-state index contributed by atoms with van der Waals surface area (Å²) in [5, 5.41) is 7.52. The van der Waals surface area contributed by atoms with Gasteiger partial charge >= 0.3 is 0 Å². The summed E-state index contributed by atoms with van der Waals surface area (Å²) < 4.78 is 30.4. The maximum Gasteiger partial charge on any atom is 0.259 e. The fourth-order valence-electron chi connectivity index (χ4n) is 3.41. The normalized spacial score (nSPS) is 11.2. The lowest BCUT2D eigenvalue weighted by Crippen LogP contribution is -2.12. The summed E-state index contributed by atoms with van der Waals surface area (Å²) in [4.78, 5) is 13.4. The Bertz CT molecular complexity index is 1380. The minimum atomic E-state index is -3.31. The molecule has 0 saturated heterocycles. The van der Waals surface area contributed by atoms with Gasteiger partial charge in [-0.05, 0) is 42.0 Å². The second-order valence-electron chi connectivity index (χ2n) is 7.56. The lowest BCUT2D eigenvalue weighted by atomic mass is 10.1. The molecule has 33 heavy (non-hydrogen) atoms. The number of sulfone groups is 1. The fraction of sp³-hybridized carbons (Fsp3) is 0.120. The number of carbonyl (C=O) groups is 1. The van der Waals surface area contributed by atoms with Crippen molar-refractivity contribution >= 4 is 21.4 Å². The molecule has 4 aromatic rings. The van der Waals surface area contributed by atoms with Crippen molar-refractivity contribution < 1.29 is 17.9 Å². The van der Waals surface area contributed by atoms with Crippen LogP contribution in [0.3, 0.4) is 0 Å². The van der Waals surface area contributed by atoms with Crippen LogP contribution in [0.1, 0.15) is 15.9 Å². The van der Waals surface area contributed by atoms with Crippen LogP contribution in [-0.2, 0) is 16.4 Å². The van der Waals surface area contributed by atoms with Gasteiger partial charge in [0, 0.05) is 23.7 Å². The number of aromatic nitrogens is 2. The highest BCUT2D eigenvalue weighted by atomic mass is 32.2. The van der Waals surface area contributed by atoms with Crippen molar-refractivity contribution in [1.82, 2.24) is 9.78 Å². The first-order valence-corrected chi connectivity index (χ1v) is 12.1. The number of methoxy groups -OCH3 is 1. The zero-order valence-corrected chi connectivity index (χ0v) is 19.0. The van der Waals surface area contributed by atoms with Crippen molar-refractivity contribution in [2.45, 2.75) is 11.4 Å². The summed E-state index contributed by atoms with van der Waals surface area (Å²) in [6.07, 6.45) is 2.85. The van der Waals surface area contributed by atoms with E-state index in [1.807, 2.05) is 54.6 Å². The molecule has 0 spiro atoms. The topological polar surface area (TPSA) is 90.3 Å². The first-order valence-electron chi connectivity index (χ1n) is 10.2. The number of rotatable bonds is 7. The zero-order chi connectivity index (χ0) is 23.4. The van der Waals surface area contributed by atoms with Crippen LogP contribution < -0.4 is 10.1 Å². The van der Waals surface area contributed by atoms with Crippen molar-refractivity contribution in [1.29, 1.82) is 0 Å². The van der Waals surface area contributed by atoms with Gasteiger partial charge in [0.2, 0.25) is 0 Å². The van der Waals surface area contributed by atoms with Gasteiger partial charge < -0.3 is 10.1 Å². The Kier molecular flexibility index (Phi) is 6.28. The predicted molar refractivity (Wildman–Crippen MR) is 127 cm³/mol. The van der Waals surface area contributed by atoms with Crippen molar-refractivity contribution in [2.75, 3.05) is 18.7 Å². The van der Waals surface area contributed by atoms with Crippen LogP contribution in [0.5, 0.6) is 5.75 Å². The standard InChI is InChI=1S/C25H23N3O4S/c1-32-21-10-6-9-19(15-21)24-23(17-28(27-24)16-18-7-4-3-5-8-18)25(29)26-20-11-13-22(14-12-20)33(2,30)31/h3-15,17H,16H2,1-2H3,(H,26,29). The van der Waals surface area contributed by atoms with Crippen molar-refractivity contribution in [3.8, 4) is 17.0 Å². The molecule has 0 aliphatic carbocycles. The van der Waals surface area contributed by atoms with Crippen LogP contribution in [0.4, 0.5) is 5.69 Å². The van der Waals surface area contributed by atoms with Crippen LogP contribution in [0, 0.1) is 0 Å². The van der Waals surface area contributed by atoms with E-state index < -0.39 is 9.84 Å². The van der Waals surface area contributed by atoms with E-state index in [4.69, 9.17) is 4.74 Å². The number of ether oxygens (including phenoxy) is 1. The molecule has 0 bridgehead atoms. The third kappa shape index (κ3) is 5.30. The summed E-state index contributed by atoms with van der Waals surface area (Å²) in [6, 6.07) is 23.3. The minimum Gasteiger partial charge on any atom is -0.497 e. The van der Waals surface area contributed by atoms with E-state index in [1.165, 1.54) is 12.1 Å². The Morgan fingerprint density at radius 3 is 2.39 bits per heavy atom. The molecule has 1 amide bonds. The second kappa shape index (κ2) is 9.30. The van der Waals surface area contributed by atoms with Crippen LogP contribution in [0.2, 0.25) is 0 Å². The van der Waals surface area contributed by atoms with E-state index >= 15 is 0 Å². The van der Waals surface area contributed by atoms with E-state index in [-0.39, 0.29) is 10.8 Å².